The van der Waals surface area contributed by atoms with Crippen LogP contribution in [-0.2, 0) is 25.5 Å². The molecule has 0 saturated heterocycles. The highest BCUT2D eigenvalue weighted by Crippen LogP contribution is 2.36. The van der Waals surface area contributed by atoms with Gasteiger partial charge in [0.1, 0.15) is 6.61 Å². The number of ether oxygens (including phenoxy) is 2. The molecule has 0 aliphatic heterocycles. The number of carbonyl (C=O) groups excluding carboxylic acids is 2. The summed E-state index contributed by atoms with van der Waals surface area (Å²) in [7, 11) is 0. The van der Waals surface area contributed by atoms with Crippen LogP contribution < -0.4 is 0 Å². The van der Waals surface area contributed by atoms with E-state index in [2.05, 4.69) is 61.5 Å². The molecule has 0 aliphatic carbocycles. The first-order valence-corrected chi connectivity index (χ1v) is 19.2. The van der Waals surface area contributed by atoms with E-state index in [1.165, 1.54) is 115 Å². The Labute approximate surface area is 289 Å². The van der Waals surface area contributed by atoms with Gasteiger partial charge in [0, 0.05) is 12.8 Å². The predicted molar refractivity (Wildman–Crippen MR) is 200 cm³/mol. The normalized spacial score (nSPS) is 12.3. The number of unbranched alkanes of at least 4 members (excludes halogenated alkanes) is 16. The number of benzene rings is 4. The van der Waals surface area contributed by atoms with Crippen molar-refractivity contribution in [2.24, 2.45) is 0 Å². The van der Waals surface area contributed by atoms with Gasteiger partial charge >= 0.3 is 11.9 Å². The van der Waals surface area contributed by atoms with Gasteiger partial charge in [-0.25, -0.2) is 0 Å². The van der Waals surface area contributed by atoms with Crippen molar-refractivity contribution in [1.29, 1.82) is 0 Å². The van der Waals surface area contributed by atoms with E-state index < -0.39 is 6.10 Å². The van der Waals surface area contributed by atoms with Crippen molar-refractivity contribution in [1.82, 2.24) is 0 Å². The van der Waals surface area contributed by atoms with Crippen LogP contribution >= 0.6 is 0 Å². The van der Waals surface area contributed by atoms with Gasteiger partial charge in [-0.15, -0.1) is 0 Å². The Hall–Kier alpha value is -3.18. The molecule has 5 nitrogen and oxygen atoms in total. The zero-order valence-electron chi connectivity index (χ0n) is 29.6. The zero-order valence-corrected chi connectivity index (χ0v) is 29.6. The topological polar surface area (TPSA) is 72.8 Å². The van der Waals surface area contributed by atoms with Crippen LogP contribution in [0.15, 0.2) is 54.6 Å². The van der Waals surface area contributed by atoms with Crippen molar-refractivity contribution in [3.05, 3.63) is 60.2 Å². The van der Waals surface area contributed by atoms with Gasteiger partial charge in [0.25, 0.3) is 0 Å². The van der Waals surface area contributed by atoms with E-state index in [0.717, 1.165) is 44.9 Å². The summed E-state index contributed by atoms with van der Waals surface area (Å²) in [5, 5.41) is 17.7. The van der Waals surface area contributed by atoms with Gasteiger partial charge in [-0.2, -0.15) is 0 Å². The first-order valence-electron chi connectivity index (χ1n) is 19.2. The summed E-state index contributed by atoms with van der Waals surface area (Å²) in [5.41, 5.74) is 1.44. The SMILES string of the molecule is CCCCCCCCCCCCCC(=O)OCC(CO)OC(=O)CCCCCCCCCc1ccc2ccc3cccc4ccc1c2c34. The minimum Gasteiger partial charge on any atom is -0.462 e. The summed E-state index contributed by atoms with van der Waals surface area (Å²) in [5.74, 6) is -0.611. The molecule has 0 amide bonds. The molecule has 0 fully saturated rings. The van der Waals surface area contributed by atoms with E-state index in [1.54, 1.807) is 0 Å². The van der Waals surface area contributed by atoms with Crippen LogP contribution in [0.3, 0.4) is 0 Å². The first kappa shape index (κ1) is 37.6. The summed E-state index contributed by atoms with van der Waals surface area (Å²) >= 11 is 0. The van der Waals surface area contributed by atoms with E-state index >= 15 is 0 Å². The van der Waals surface area contributed by atoms with E-state index in [4.69, 9.17) is 9.47 Å². The highest BCUT2D eigenvalue weighted by atomic mass is 16.6. The average Bonchev–Trinajstić information content (AvgIpc) is 3.11. The lowest BCUT2D eigenvalue weighted by Crippen LogP contribution is -2.28. The summed E-state index contributed by atoms with van der Waals surface area (Å²) in [6.45, 7) is 1.83. The molecule has 0 radical (unpaired) electrons. The molecule has 4 aromatic rings. The second kappa shape index (κ2) is 21.7. The molecule has 0 heterocycles. The first-order chi connectivity index (χ1) is 23.6. The smallest absolute Gasteiger partial charge is 0.306 e. The second-order valence-corrected chi connectivity index (χ2v) is 13.8. The van der Waals surface area contributed by atoms with Crippen molar-refractivity contribution in [3.63, 3.8) is 0 Å². The van der Waals surface area contributed by atoms with Crippen molar-refractivity contribution >= 4 is 44.3 Å². The van der Waals surface area contributed by atoms with Crippen molar-refractivity contribution in [2.45, 2.75) is 148 Å². The van der Waals surface area contributed by atoms with Crippen molar-refractivity contribution in [2.75, 3.05) is 13.2 Å². The van der Waals surface area contributed by atoms with Gasteiger partial charge < -0.3 is 14.6 Å². The van der Waals surface area contributed by atoms with Crippen LogP contribution in [0.2, 0.25) is 0 Å². The molecule has 1 atom stereocenters. The van der Waals surface area contributed by atoms with Crippen LogP contribution in [0.4, 0.5) is 0 Å². The molecular formula is C43H60O5. The van der Waals surface area contributed by atoms with Crippen LogP contribution in [0.1, 0.15) is 141 Å². The molecule has 48 heavy (non-hydrogen) atoms. The minimum absolute atomic E-state index is 0.0757. The number of hydrogen-bond donors (Lipinski definition) is 1. The summed E-state index contributed by atoms with van der Waals surface area (Å²) in [6, 6.07) is 20.2. The summed E-state index contributed by atoms with van der Waals surface area (Å²) in [4.78, 5) is 24.4. The maximum Gasteiger partial charge on any atom is 0.306 e. The number of carbonyl (C=O) groups is 2. The summed E-state index contributed by atoms with van der Waals surface area (Å²) < 4.78 is 10.6. The maximum absolute atomic E-state index is 12.3. The Kier molecular flexibility index (Phi) is 17.0. The van der Waals surface area contributed by atoms with Crippen molar-refractivity contribution in [3.8, 4) is 0 Å². The standard InChI is InChI=1S/C43H60O5/c1-2-3-4-5-6-7-8-9-12-15-18-24-40(45)47-33-38(32-44)48-41(46)25-19-16-13-10-11-14-17-21-34-26-27-37-29-28-35-22-20-23-36-30-31-39(34)43(37)42(35)36/h20,22-23,26-31,38,44H,2-19,21,24-25,32-33H2,1H3. The molecule has 0 aliphatic rings. The summed E-state index contributed by atoms with van der Waals surface area (Å²) in [6.07, 6.45) is 22.2. The molecule has 1 unspecified atom stereocenters. The third-order valence-electron chi connectivity index (χ3n) is 9.86. The van der Waals surface area contributed by atoms with Gasteiger partial charge in [0.15, 0.2) is 6.10 Å². The molecule has 5 heteroatoms. The predicted octanol–water partition coefficient (Wildman–Crippen LogP) is 11.4. The lowest BCUT2D eigenvalue weighted by molar-refractivity contribution is -0.161. The molecule has 4 rings (SSSR count). The number of hydrogen-bond acceptors (Lipinski definition) is 5. The Bertz CT molecular complexity index is 1480. The minimum atomic E-state index is -0.785. The van der Waals surface area contributed by atoms with E-state index in [0.29, 0.717) is 12.8 Å². The fourth-order valence-corrected chi connectivity index (χ4v) is 7.04. The lowest BCUT2D eigenvalue weighted by atomic mass is 9.90. The Morgan fingerprint density at radius 2 is 1.08 bits per heavy atom. The van der Waals surface area contributed by atoms with E-state index in [9.17, 15) is 14.7 Å². The lowest BCUT2D eigenvalue weighted by Gasteiger charge is -2.15. The Morgan fingerprint density at radius 3 is 1.69 bits per heavy atom. The molecule has 0 saturated carbocycles. The second-order valence-electron chi connectivity index (χ2n) is 13.8. The number of aliphatic hydroxyl groups excluding tert-OH is 1. The van der Waals surface area contributed by atoms with Crippen LogP contribution in [-0.4, -0.2) is 36.4 Å². The zero-order chi connectivity index (χ0) is 33.8. The molecule has 262 valence electrons. The molecule has 0 bridgehead atoms. The van der Waals surface area contributed by atoms with Gasteiger partial charge in [-0.05, 0) is 63.6 Å². The maximum atomic E-state index is 12.3. The van der Waals surface area contributed by atoms with Gasteiger partial charge in [-0.3, -0.25) is 9.59 Å². The van der Waals surface area contributed by atoms with Gasteiger partial charge in [0.2, 0.25) is 0 Å². The monoisotopic (exact) mass is 656 g/mol. The molecule has 0 spiro atoms. The highest BCUT2D eigenvalue weighted by Gasteiger charge is 2.16. The van der Waals surface area contributed by atoms with Crippen LogP contribution in [0.5, 0.6) is 0 Å². The molecular weight excluding hydrogens is 596 g/mol. The number of esters is 2. The van der Waals surface area contributed by atoms with Crippen molar-refractivity contribution < 1.29 is 24.2 Å². The number of aliphatic hydroxyl groups is 1. The number of aryl methyl sites for hydroxylation is 1. The fourth-order valence-electron chi connectivity index (χ4n) is 7.04. The quantitative estimate of drug-likeness (QED) is 0.0414. The average molecular weight is 657 g/mol. The van der Waals surface area contributed by atoms with E-state index in [1.807, 2.05) is 0 Å². The molecule has 0 aromatic heterocycles. The fraction of sp³-hybridized carbons (Fsp3) is 0.581. The van der Waals surface area contributed by atoms with E-state index in [-0.39, 0.29) is 25.2 Å². The third kappa shape index (κ3) is 12.4. The highest BCUT2D eigenvalue weighted by molar-refractivity contribution is 6.23. The third-order valence-corrected chi connectivity index (χ3v) is 9.86. The molecule has 1 N–H and O–H groups in total. The van der Waals surface area contributed by atoms with Gasteiger partial charge in [-0.1, -0.05) is 158 Å². The molecule has 4 aromatic carbocycles. The van der Waals surface area contributed by atoms with Crippen LogP contribution in [0, 0.1) is 0 Å². The van der Waals surface area contributed by atoms with Crippen LogP contribution in [0.25, 0.3) is 32.3 Å². The van der Waals surface area contributed by atoms with Gasteiger partial charge in [0.05, 0.1) is 6.61 Å². The Morgan fingerprint density at radius 1 is 0.583 bits per heavy atom. The Balaban J connectivity index is 0.987. The number of rotatable bonds is 26. The largest absolute Gasteiger partial charge is 0.462 e.